The topological polar surface area (TPSA) is 30.7 Å². The molecule has 20 heavy (non-hydrogen) atoms. The average molecular weight is 304 g/mol. The van der Waals surface area contributed by atoms with Gasteiger partial charge in [0.25, 0.3) is 0 Å². The molecule has 0 spiro atoms. The van der Waals surface area contributed by atoms with Crippen LogP contribution in [0.15, 0.2) is 30.6 Å². The predicted octanol–water partition coefficient (Wildman–Crippen LogP) is 4.35. The van der Waals surface area contributed by atoms with Gasteiger partial charge in [0.15, 0.2) is 0 Å². The number of hydrogen-bond acceptors (Lipinski definition) is 2. The largest absolute Gasteiger partial charge is 0.347 e. The zero-order valence-corrected chi connectivity index (χ0v) is 12.1. The van der Waals surface area contributed by atoms with Crippen LogP contribution in [0.5, 0.6) is 0 Å². The Labute approximate surface area is 126 Å². The molecule has 0 radical (unpaired) electrons. The van der Waals surface area contributed by atoms with Gasteiger partial charge in [-0.05, 0) is 30.0 Å². The molecule has 100 valence electrons. The maximum Gasteiger partial charge on any atom is 0.222 e. The first-order chi connectivity index (χ1) is 9.74. The van der Waals surface area contributed by atoms with Crippen LogP contribution in [-0.4, -0.2) is 14.5 Å². The number of rotatable bonds is 1. The number of para-hydroxylation sites is 1. The molecule has 3 heterocycles. The minimum Gasteiger partial charge on any atom is -0.347 e. The number of nitrogens with zero attached hydrogens (tertiary/aromatic N) is 3. The van der Waals surface area contributed by atoms with Gasteiger partial charge in [0.1, 0.15) is 0 Å². The van der Waals surface area contributed by atoms with E-state index in [4.69, 9.17) is 23.2 Å². The van der Waals surface area contributed by atoms with Crippen molar-refractivity contribution in [3.63, 3.8) is 0 Å². The summed E-state index contributed by atoms with van der Waals surface area (Å²) >= 11 is 12.2. The van der Waals surface area contributed by atoms with Gasteiger partial charge in [0.05, 0.1) is 22.4 Å². The number of halogens is 2. The van der Waals surface area contributed by atoms with E-state index in [0.717, 1.165) is 18.5 Å². The fourth-order valence-corrected chi connectivity index (χ4v) is 3.31. The molecule has 0 saturated carbocycles. The fraction of sp³-hybridized carbons (Fsp3) is 0.200. The maximum atomic E-state index is 6.25. The third-order valence-corrected chi connectivity index (χ3v) is 4.26. The van der Waals surface area contributed by atoms with Gasteiger partial charge in [-0.15, -0.1) is 0 Å². The van der Waals surface area contributed by atoms with Crippen LogP contribution in [0.1, 0.15) is 12.0 Å². The molecule has 0 N–H and O–H groups in total. The van der Waals surface area contributed by atoms with Crippen LogP contribution in [0.4, 0.5) is 0 Å². The van der Waals surface area contributed by atoms with Crippen LogP contribution in [-0.2, 0) is 13.0 Å². The van der Waals surface area contributed by atoms with Gasteiger partial charge in [0.2, 0.25) is 5.28 Å². The monoisotopic (exact) mass is 303 g/mol. The minimum absolute atomic E-state index is 0.219. The number of hydrogen-bond donors (Lipinski definition) is 0. The molecule has 0 atom stereocenters. The number of benzene rings is 1. The molecular formula is C15H11Cl2N3. The van der Waals surface area contributed by atoms with Crippen molar-refractivity contribution >= 4 is 34.1 Å². The molecule has 2 aromatic heterocycles. The first-order valence-electron chi connectivity index (χ1n) is 6.53. The summed E-state index contributed by atoms with van der Waals surface area (Å²) in [5.41, 5.74) is 4.41. The summed E-state index contributed by atoms with van der Waals surface area (Å²) in [4.78, 5) is 8.22. The van der Waals surface area contributed by atoms with Crippen molar-refractivity contribution in [2.75, 3.05) is 0 Å². The van der Waals surface area contributed by atoms with Crippen molar-refractivity contribution in [1.29, 1.82) is 0 Å². The van der Waals surface area contributed by atoms with E-state index >= 15 is 0 Å². The van der Waals surface area contributed by atoms with Crippen LogP contribution in [0.3, 0.4) is 0 Å². The molecule has 0 aliphatic carbocycles. The lowest BCUT2D eigenvalue weighted by Crippen LogP contribution is -2.05. The summed E-state index contributed by atoms with van der Waals surface area (Å²) in [7, 11) is 0. The Hall–Kier alpha value is -1.58. The average Bonchev–Trinajstić information content (AvgIpc) is 2.83. The molecule has 4 rings (SSSR count). The summed E-state index contributed by atoms with van der Waals surface area (Å²) in [5, 5.41) is 1.92. The third-order valence-electron chi connectivity index (χ3n) is 3.80. The minimum atomic E-state index is 0.219. The summed E-state index contributed by atoms with van der Waals surface area (Å²) in [6, 6.07) is 6.40. The van der Waals surface area contributed by atoms with E-state index in [0.29, 0.717) is 10.7 Å². The van der Waals surface area contributed by atoms with E-state index in [1.165, 1.54) is 22.9 Å². The van der Waals surface area contributed by atoms with Crippen molar-refractivity contribution in [2.45, 2.75) is 19.4 Å². The number of aryl methyl sites for hydroxylation is 2. The standard InChI is InChI=1S/C15H11Cl2N3/c16-12-7-18-15(17)19-13(12)11-8-20-6-2-4-9-3-1-5-10(11)14(9)20/h1,3,5,7-8H,2,4,6H2. The first kappa shape index (κ1) is 12.2. The van der Waals surface area contributed by atoms with Crippen LogP contribution in [0, 0.1) is 0 Å². The molecule has 3 nitrogen and oxygen atoms in total. The van der Waals surface area contributed by atoms with Crippen LogP contribution < -0.4 is 0 Å². The Morgan fingerprint density at radius 2 is 2.10 bits per heavy atom. The van der Waals surface area contributed by atoms with Crippen molar-refractivity contribution < 1.29 is 0 Å². The van der Waals surface area contributed by atoms with Gasteiger partial charge in [-0.25, -0.2) is 9.97 Å². The highest BCUT2D eigenvalue weighted by atomic mass is 35.5. The summed E-state index contributed by atoms with van der Waals surface area (Å²) in [5.74, 6) is 0. The van der Waals surface area contributed by atoms with Gasteiger partial charge in [-0.1, -0.05) is 29.8 Å². The molecule has 0 fully saturated rings. The van der Waals surface area contributed by atoms with Crippen molar-refractivity contribution in [3.05, 3.63) is 46.5 Å². The van der Waals surface area contributed by atoms with Gasteiger partial charge in [-0.2, -0.15) is 0 Å². The van der Waals surface area contributed by atoms with Crippen molar-refractivity contribution in [1.82, 2.24) is 14.5 Å². The Balaban J connectivity index is 2.07. The zero-order chi connectivity index (χ0) is 13.7. The van der Waals surface area contributed by atoms with Crippen molar-refractivity contribution in [3.8, 4) is 11.3 Å². The SMILES string of the molecule is Clc1ncc(Cl)c(-c2cn3c4c(cccc24)CCC3)n1. The second kappa shape index (κ2) is 4.47. The Morgan fingerprint density at radius 1 is 1.20 bits per heavy atom. The lowest BCUT2D eigenvalue weighted by atomic mass is 10.0. The fourth-order valence-electron chi connectivity index (χ4n) is 2.98. The molecule has 1 aliphatic rings. The lowest BCUT2D eigenvalue weighted by molar-refractivity contribution is 0.636. The smallest absolute Gasteiger partial charge is 0.222 e. The summed E-state index contributed by atoms with van der Waals surface area (Å²) in [6.07, 6.45) is 5.97. The maximum absolute atomic E-state index is 6.25. The molecular weight excluding hydrogens is 293 g/mol. The Morgan fingerprint density at radius 3 is 3.00 bits per heavy atom. The molecule has 0 unspecified atom stereocenters. The van der Waals surface area contributed by atoms with E-state index in [1.54, 1.807) is 6.20 Å². The molecule has 1 aliphatic heterocycles. The molecule has 0 saturated heterocycles. The van der Waals surface area contributed by atoms with Crippen LogP contribution in [0.25, 0.3) is 22.2 Å². The summed E-state index contributed by atoms with van der Waals surface area (Å²) in [6.45, 7) is 1.03. The van der Waals surface area contributed by atoms with Gasteiger partial charge >= 0.3 is 0 Å². The van der Waals surface area contributed by atoms with E-state index < -0.39 is 0 Å². The van der Waals surface area contributed by atoms with E-state index in [9.17, 15) is 0 Å². The molecule has 3 aromatic rings. The second-order valence-corrected chi connectivity index (χ2v) is 5.73. The van der Waals surface area contributed by atoms with E-state index in [-0.39, 0.29) is 5.28 Å². The lowest BCUT2D eigenvalue weighted by Gasteiger charge is -2.14. The Kier molecular flexibility index (Phi) is 2.72. The first-order valence-corrected chi connectivity index (χ1v) is 7.29. The van der Waals surface area contributed by atoms with Crippen LogP contribution in [0.2, 0.25) is 10.3 Å². The normalized spacial score (nSPS) is 13.9. The summed E-state index contributed by atoms with van der Waals surface area (Å²) < 4.78 is 2.29. The van der Waals surface area contributed by atoms with Gasteiger partial charge in [0, 0.05) is 23.7 Å². The van der Waals surface area contributed by atoms with E-state index in [2.05, 4.69) is 38.9 Å². The quantitative estimate of drug-likeness (QED) is 0.626. The highest BCUT2D eigenvalue weighted by Gasteiger charge is 2.19. The molecule has 0 bridgehead atoms. The van der Waals surface area contributed by atoms with Gasteiger partial charge < -0.3 is 4.57 Å². The van der Waals surface area contributed by atoms with Gasteiger partial charge in [-0.3, -0.25) is 0 Å². The highest BCUT2D eigenvalue weighted by Crippen LogP contribution is 2.37. The Bertz CT molecular complexity index is 823. The number of aromatic nitrogens is 3. The molecule has 5 heteroatoms. The third kappa shape index (κ3) is 1.74. The zero-order valence-electron chi connectivity index (χ0n) is 10.6. The van der Waals surface area contributed by atoms with Crippen LogP contribution >= 0.6 is 23.2 Å². The van der Waals surface area contributed by atoms with Crippen molar-refractivity contribution in [2.24, 2.45) is 0 Å². The highest BCUT2D eigenvalue weighted by molar-refractivity contribution is 6.34. The van der Waals surface area contributed by atoms with E-state index in [1.807, 2.05) is 0 Å². The second-order valence-electron chi connectivity index (χ2n) is 4.99. The molecule has 0 amide bonds. The predicted molar refractivity (Wildman–Crippen MR) is 81.3 cm³/mol. The molecule has 1 aromatic carbocycles.